The van der Waals surface area contributed by atoms with Gasteiger partial charge in [-0.15, -0.1) is 6.42 Å². The second kappa shape index (κ2) is 6.53. The van der Waals surface area contributed by atoms with Gasteiger partial charge in [0.2, 0.25) is 0 Å². The second-order valence-corrected chi connectivity index (χ2v) is 5.64. The summed E-state index contributed by atoms with van der Waals surface area (Å²) in [4.78, 5) is 0. The average Bonchev–Trinajstić information content (AvgIpc) is 2.34. The van der Waals surface area contributed by atoms with Gasteiger partial charge in [-0.2, -0.15) is 0 Å². The van der Waals surface area contributed by atoms with Crippen LogP contribution in [0.3, 0.4) is 0 Å². The Kier molecular flexibility index (Phi) is 5.32. The molecule has 0 N–H and O–H groups in total. The number of hydrogen-bond acceptors (Lipinski definition) is 3. The Morgan fingerprint density at radius 2 is 1.94 bits per heavy atom. The molecule has 5 heteroatoms. The van der Waals surface area contributed by atoms with Gasteiger partial charge in [0.1, 0.15) is 0 Å². The maximum atomic E-state index is 12.1. The van der Waals surface area contributed by atoms with E-state index in [9.17, 15) is 17.4 Å². The highest BCUT2D eigenvalue weighted by molar-refractivity contribution is 7.86. The molecule has 0 spiro atoms. The van der Waals surface area contributed by atoms with Crippen molar-refractivity contribution in [2.24, 2.45) is 0 Å². The first-order valence-corrected chi connectivity index (χ1v) is 7.00. The number of terminal acetylenes is 1. The summed E-state index contributed by atoms with van der Waals surface area (Å²) in [6.07, 6.45) is 5.41. The van der Waals surface area contributed by atoms with E-state index >= 15 is 0 Å². The molecule has 0 amide bonds. The van der Waals surface area contributed by atoms with Gasteiger partial charge in [-0.05, 0) is 37.0 Å². The predicted molar refractivity (Wildman–Crippen MR) is 66.8 cm³/mol. The molecule has 3 nitrogen and oxygen atoms in total. The van der Waals surface area contributed by atoms with Crippen LogP contribution in [0.15, 0.2) is 24.3 Å². The molecular weight excluding hydrogens is 254 g/mol. The summed E-state index contributed by atoms with van der Waals surface area (Å²) in [5.41, 5.74) is 1.39. The molecule has 0 saturated carbocycles. The van der Waals surface area contributed by atoms with Crippen molar-refractivity contribution in [1.29, 1.82) is 0 Å². The minimum Gasteiger partial charge on any atom is -0.748 e. The van der Waals surface area contributed by atoms with Crippen LogP contribution in [0.25, 0.3) is 0 Å². The van der Waals surface area contributed by atoms with Gasteiger partial charge in [-0.3, -0.25) is 4.39 Å². The number of hydrogen-bond donors (Lipinski definition) is 0. The Labute approximate surface area is 107 Å². The quantitative estimate of drug-likeness (QED) is 0.584. The highest BCUT2D eigenvalue weighted by atomic mass is 32.2. The maximum Gasteiger partial charge on any atom is 0.0978 e. The van der Waals surface area contributed by atoms with E-state index in [1.54, 1.807) is 24.3 Å². The molecule has 0 radical (unpaired) electrons. The van der Waals surface area contributed by atoms with Crippen LogP contribution in [-0.4, -0.2) is 24.9 Å². The molecule has 0 fully saturated rings. The van der Waals surface area contributed by atoms with Gasteiger partial charge in [-0.25, -0.2) is 8.42 Å². The van der Waals surface area contributed by atoms with Crippen molar-refractivity contribution in [2.45, 2.75) is 24.5 Å². The molecule has 0 aliphatic rings. The zero-order valence-corrected chi connectivity index (χ0v) is 10.6. The molecule has 18 heavy (non-hydrogen) atoms. The van der Waals surface area contributed by atoms with Crippen LogP contribution in [0.1, 0.15) is 24.0 Å². The van der Waals surface area contributed by atoms with Crippen molar-refractivity contribution < 1.29 is 17.4 Å². The molecule has 0 aliphatic carbocycles. The van der Waals surface area contributed by atoms with Crippen LogP contribution >= 0.6 is 0 Å². The largest absolute Gasteiger partial charge is 0.748 e. The first-order valence-electron chi connectivity index (χ1n) is 5.53. The fraction of sp³-hybridized carbons (Fsp3) is 0.385. The van der Waals surface area contributed by atoms with E-state index in [-0.39, 0.29) is 19.3 Å². The summed E-state index contributed by atoms with van der Waals surface area (Å²) >= 11 is 0. The predicted octanol–water partition coefficient (Wildman–Crippen LogP) is 1.87. The van der Waals surface area contributed by atoms with E-state index in [0.29, 0.717) is 11.1 Å². The summed E-state index contributed by atoms with van der Waals surface area (Å²) in [5, 5.41) is -1.08. The van der Waals surface area contributed by atoms with E-state index in [1.807, 2.05) is 0 Å². The monoisotopic (exact) mass is 268 g/mol. The van der Waals surface area contributed by atoms with E-state index < -0.39 is 22.0 Å². The highest BCUT2D eigenvalue weighted by Crippen LogP contribution is 2.15. The van der Waals surface area contributed by atoms with Gasteiger partial charge in [0, 0.05) is 5.56 Å². The molecule has 1 unspecified atom stereocenters. The summed E-state index contributed by atoms with van der Waals surface area (Å²) in [5.74, 6) is 2.44. The molecule has 1 aromatic rings. The minimum absolute atomic E-state index is 0.0409. The van der Waals surface area contributed by atoms with E-state index in [2.05, 4.69) is 5.92 Å². The Hall–Kier alpha value is -1.38. The molecule has 0 heterocycles. The minimum atomic E-state index is -4.41. The van der Waals surface area contributed by atoms with Crippen LogP contribution in [0.5, 0.6) is 0 Å². The molecule has 98 valence electrons. The normalized spacial score (nSPS) is 12.9. The van der Waals surface area contributed by atoms with Crippen LogP contribution < -0.4 is 0 Å². The third-order valence-electron chi connectivity index (χ3n) is 2.65. The van der Waals surface area contributed by atoms with Crippen LogP contribution in [0.2, 0.25) is 0 Å². The topological polar surface area (TPSA) is 57.2 Å². The maximum absolute atomic E-state index is 12.1. The van der Waals surface area contributed by atoms with E-state index in [4.69, 9.17) is 6.42 Å². The smallest absolute Gasteiger partial charge is 0.0978 e. The molecule has 0 aromatic heterocycles. The fourth-order valence-corrected chi connectivity index (χ4v) is 2.51. The number of alkyl halides is 1. The molecule has 0 bridgehead atoms. The lowest BCUT2D eigenvalue weighted by atomic mass is 10.1. The summed E-state index contributed by atoms with van der Waals surface area (Å²) in [7, 11) is -4.41. The van der Waals surface area contributed by atoms with Crippen molar-refractivity contribution in [1.82, 2.24) is 0 Å². The first-order chi connectivity index (χ1) is 8.47. The Morgan fingerprint density at radius 3 is 2.39 bits per heavy atom. The van der Waals surface area contributed by atoms with Gasteiger partial charge < -0.3 is 4.55 Å². The summed E-state index contributed by atoms with van der Waals surface area (Å²) in [6, 6.07) is 6.73. The van der Waals surface area contributed by atoms with Gasteiger partial charge in [0.05, 0.1) is 22.0 Å². The van der Waals surface area contributed by atoms with Crippen molar-refractivity contribution >= 4 is 10.1 Å². The third-order valence-corrected chi connectivity index (χ3v) is 3.87. The van der Waals surface area contributed by atoms with Gasteiger partial charge in [0.15, 0.2) is 0 Å². The standard InChI is InChI=1S/C13H15FO3S/c1-2-11-5-7-12(8-6-11)10-13(4-3-9-14)18(15,16)17/h1,5-8,13H,3-4,9-10H2,(H,15,16,17)/p-1/i14-1. The molecule has 1 atom stereocenters. The summed E-state index contributed by atoms with van der Waals surface area (Å²) < 4.78 is 45.2. The summed E-state index contributed by atoms with van der Waals surface area (Å²) in [6.45, 7) is -0.623. The van der Waals surface area contributed by atoms with Crippen molar-refractivity contribution in [3.8, 4) is 12.3 Å². The van der Waals surface area contributed by atoms with Gasteiger partial charge in [-0.1, -0.05) is 18.1 Å². The molecule has 0 aliphatic heterocycles. The van der Waals surface area contributed by atoms with Crippen LogP contribution in [0.4, 0.5) is 4.39 Å². The van der Waals surface area contributed by atoms with E-state index in [0.717, 1.165) is 0 Å². The lowest BCUT2D eigenvalue weighted by Crippen LogP contribution is -2.23. The lowest BCUT2D eigenvalue weighted by molar-refractivity contribution is 0.422. The number of halogens is 1. The average molecular weight is 268 g/mol. The van der Waals surface area contributed by atoms with Crippen LogP contribution in [-0.2, 0) is 16.5 Å². The Balaban J connectivity index is 2.79. The van der Waals surface area contributed by atoms with Gasteiger partial charge >= 0.3 is 0 Å². The molecular formula is C13H14FO3S-. The third kappa shape index (κ3) is 4.47. The fourth-order valence-electron chi connectivity index (χ4n) is 1.65. The zero-order chi connectivity index (χ0) is 13.6. The lowest BCUT2D eigenvalue weighted by Gasteiger charge is -2.20. The first kappa shape index (κ1) is 14.7. The number of rotatable bonds is 6. The second-order valence-electron chi connectivity index (χ2n) is 3.99. The SMILES string of the molecule is C#Cc1ccc(CC(CCC[18F])S(=O)(=O)[O-])cc1. The zero-order valence-electron chi connectivity index (χ0n) is 9.80. The van der Waals surface area contributed by atoms with Crippen molar-refractivity contribution in [3.63, 3.8) is 0 Å². The molecule has 1 rings (SSSR count). The Morgan fingerprint density at radius 1 is 1.33 bits per heavy atom. The van der Waals surface area contributed by atoms with E-state index in [1.165, 1.54) is 0 Å². The Bertz CT molecular complexity index is 514. The van der Waals surface area contributed by atoms with Crippen molar-refractivity contribution in [3.05, 3.63) is 35.4 Å². The van der Waals surface area contributed by atoms with Crippen LogP contribution in [0, 0.1) is 12.3 Å². The van der Waals surface area contributed by atoms with Gasteiger partial charge in [0.25, 0.3) is 0 Å². The van der Waals surface area contributed by atoms with Crippen molar-refractivity contribution in [2.75, 3.05) is 6.67 Å². The highest BCUT2D eigenvalue weighted by Gasteiger charge is 2.16. The molecule has 1 aromatic carbocycles. The molecule has 0 saturated heterocycles. The number of benzene rings is 1.